The van der Waals surface area contributed by atoms with Crippen molar-refractivity contribution in [2.24, 2.45) is 0 Å². The van der Waals surface area contributed by atoms with Crippen LogP contribution in [0, 0.1) is 0 Å². The van der Waals surface area contributed by atoms with Gasteiger partial charge in [0.05, 0.1) is 6.33 Å². The first kappa shape index (κ1) is 27.5. The molecule has 33 heavy (non-hydrogen) atoms. The summed E-state index contributed by atoms with van der Waals surface area (Å²) in [6, 6.07) is 0. The molecule has 0 amide bonds. The Morgan fingerprint density at radius 1 is 0.848 bits per heavy atom. The third-order valence-electron chi connectivity index (χ3n) is 6.28. The largest absolute Gasteiger partial charge is 0.382 e. The molecule has 7 nitrogen and oxygen atoms in total. The second-order valence-corrected chi connectivity index (χ2v) is 9.29. The first-order chi connectivity index (χ1) is 16.2. The Morgan fingerprint density at radius 3 is 1.97 bits per heavy atom. The number of hydrogen-bond donors (Lipinski definition) is 3. The highest BCUT2D eigenvalue weighted by atomic mass is 16.6. The number of aromatic nitrogens is 4. The van der Waals surface area contributed by atoms with Gasteiger partial charge >= 0.3 is 0 Å². The van der Waals surface area contributed by atoms with Gasteiger partial charge in [-0.2, -0.15) is 0 Å². The smallest absolute Gasteiger partial charge is 0.183 e. The molecule has 0 bridgehead atoms. The Balaban J connectivity index is 1.34. The molecule has 188 valence electrons. The van der Waals surface area contributed by atoms with Gasteiger partial charge in [-0.25, -0.2) is 15.0 Å². The van der Waals surface area contributed by atoms with E-state index in [0.29, 0.717) is 42.3 Å². The third kappa shape index (κ3) is 12.3. The summed E-state index contributed by atoms with van der Waals surface area (Å²) in [6.07, 6.45) is 23.3. The number of rotatable bonds is 21. The van der Waals surface area contributed by atoms with Crippen LogP contribution in [-0.4, -0.2) is 37.9 Å². The summed E-state index contributed by atoms with van der Waals surface area (Å²) >= 11 is 0. The maximum atomic E-state index is 10.0. The Labute approximate surface area is 200 Å². The summed E-state index contributed by atoms with van der Waals surface area (Å²) in [5, 5.41) is 10.0. The molecule has 4 N–H and O–H groups in total. The van der Waals surface area contributed by atoms with Gasteiger partial charge in [-0.15, -0.1) is 0 Å². The molecule has 0 aromatic carbocycles. The molecule has 0 radical (unpaired) electrons. The lowest BCUT2D eigenvalue weighted by Crippen LogP contribution is -2.15. The average Bonchev–Trinajstić information content (AvgIpc) is 3.29. The molecule has 0 saturated heterocycles. The number of nitrogens with zero attached hydrogens (tertiary/aromatic N) is 3. The monoisotopic (exact) mass is 461 g/mol. The molecule has 0 aliphatic carbocycles. The number of aliphatic hydroxyl groups excluding tert-OH is 1. The molecule has 1 atom stereocenters. The highest BCUT2D eigenvalue weighted by Crippen LogP contribution is 2.15. The van der Waals surface area contributed by atoms with Crippen molar-refractivity contribution in [2.75, 3.05) is 12.3 Å². The second kappa shape index (κ2) is 17.7. The summed E-state index contributed by atoms with van der Waals surface area (Å²) in [6.45, 7) is 2.88. The number of unbranched alkanes of at least 4 members (excludes halogenated alkanes) is 15. The zero-order chi connectivity index (χ0) is 23.6. The van der Waals surface area contributed by atoms with Gasteiger partial charge in [0.1, 0.15) is 11.3 Å². The lowest BCUT2D eigenvalue weighted by Gasteiger charge is -2.11. The highest BCUT2D eigenvalue weighted by Gasteiger charge is 2.10. The lowest BCUT2D eigenvalue weighted by molar-refractivity contribution is -0.104. The molecule has 0 aliphatic rings. The van der Waals surface area contributed by atoms with Gasteiger partial charge in [-0.1, -0.05) is 103 Å². The average molecular weight is 462 g/mol. The number of H-pyrrole nitrogens is 1. The van der Waals surface area contributed by atoms with Crippen molar-refractivity contribution >= 4 is 17.0 Å². The molecule has 0 aliphatic heterocycles. The Hall–Kier alpha value is -1.73. The van der Waals surface area contributed by atoms with E-state index in [-0.39, 0.29) is 0 Å². The van der Waals surface area contributed by atoms with E-state index < -0.39 is 6.29 Å². The minimum Gasteiger partial charge on any atom is -0.382 e. The Morgan fingerprint density at radius 2 is 1.39 bits per heavy atom. The van der Waals surface area contributed by atoms with Crippen molar-refractivity contribution < 1.29 is 9.84 Å². The first-order valence-corrected chi connectivity index (χ1v) is 13.5. The SMILES string of the molecule is CCCCCCCCCCCCCCCCCCOC(O)CCc1nc(N)c2[nH]cnc2n1. The topological polar surface area (TPSA) is 110 Å². The molecule has 0 fully saturated rings. The van der Waals surface area contributed by atoms with Crippen molar-refractivity contribution in [1.82, 2.24) is 19.9 Å². The normalized spacial score (nSPS) is 12.5. The molecule has 7 heteroatoms. The molecule has 2 rings (SSSR count). The van der Waals surface area contributed by atoms with E-state index in [1.165, 1.54) is 96.3 Å². The number of nitrogens with one attached hydrogen (secondary N) is 1. The molecule has 2 heterocycles. The third-order valence-corrected chi connectivity index (χ3v) is 6.28. The van der Waals surface area contributed by atoms with Gasteiger partial charge in [0, 0.05) is 19.4 Å². The fraction of sp³-hybridized carbons (Fsp3) is 0.808. The zero-order valence-electron chi connectivity index (χ0n) is 20.9. The number of imidazole rings is 1. The van der Waals surface area contributed by atoms with E-state index in [9.17, 15) is 5.11 Å². The van der Waals surface area contributed by atoms with Crippen molar-refractivity contribution in [1.29, 1.82) is 0 Å². The first-order valence-electron chi connectivity index (χ1n) is 13.5. The summed E-state index contributed by atoms with van der Waals surface area (Å²) < 4.78 is 5.53. The van der Waals surface area contributed by atoms with Crippen molar-refractivity contribution in [3.63, 3.8) is 0 Å². The summed E-state index contributed by atoms with van der Waals surface area (Å²) in [7, 11) is 0. The predicted molar refractivity (Wildman–Crippen MR) is 136 cm³/mol. The van der Waals surface area contributed by atoms with Gasteiger partial charge in [0.15, 0.2) is 17.8 Å². The van der Waals surface area contributed by atoms with Crippen LogP contribution in [0.1, 0.15) is 122 Å². The number of fused-ring (bicyclic) bond motifs is 1. The number of aromatic amines is 1. The van der Waals surface area contributed by atoms with Crippen LogP contribution in [0.3, 0.4) is 0 Å². The van der Waals surface area contributed by atoms with E-state index in [1.807, 2.05) is 0 Å². The quantitative estimate of drug-likeness (QED) is 0.145. The number of nitrogens with two attached hydrogens (primary N) is 1. The fourth-order valence-corrected chi connectivity index (χ4v) is 4.22. The standard InChI is InChI=1S/C26H47N5O2/c1-2-3-4-5-6-7-8-9-10-11-12-13-14-15-16-17-20-33-23(32)19-18-22-30-25(27)24-26(31-22)29-21-28-24/h21,23,32H,2-20H2,1H3,(H3,27,28,29,30,31). The summed E-state index contributed by atoms with van der Waals surface area (Å²) in [4.78, 5) is 15.6. The number of aryl methyl sites for hydroxylation is 1. The van der Waals surface area contributed by atoms with Crippen LogP contribution in [0.15, 0.2) is 6.33 Å². The van der Waals surface area contributed by atoms with Crippen LogP contribution >= 0.6 is 0 Å². The van der Waals surface area contributed by atoms with Crippen molar-refractivity contribution in [3.05, 3.63) is 12.2 Å². The van der Waals surface area contributed by atoms with Gasteiger partial charge in [0.25, 0.3) is 0 Å². The molecular weight excluding hydrogens is 414 g/mol. The van der Waals surface area contributed by atoms with Crippen LogP contribution in [-0.2, 0) is 11.2 Å². The van der Waals surface area contributed by atoms with Crippen LogP contribution in [0.2, 0.25) is 0 Å². The molecule has 2 aromatic heterocycles. The van der Waals surface area contributed by atoms with E-state index in [2.05, 4.69) is 26.9 Å². The zero-order valence-corrected chi connectivity index (χ0v) is 20.9. The predicted octanol–water partition coefficient (Wildman–Crippen LogP) is 6.46. The van der Waals surface area contributed by atoms with Gasteiger partial charge in [-0.3, -0.25) is 0 Å². The summed E-state index contributed by atoms with van der Waals surface area (Å²) in [5.41, 5.74) is 7.11. The second-order valence-electron chi connectivity index (χ2n) is 9.29. The Kier molecular flexibility index (Phi) is 14.8. The number of aliphatic hydroxyl groups is 1. The molecule has 0 saturated carbocycles. The number of hydrogen-bond acceptors (Lipinski definition) is 6. The number of nitrogen functional groups attached to an aromatic ring is 1. The lowest BCUT2D eigenvalue weighted by atomic mass is 10.0. The van der Waals surface area contributed by atoms with Crippen LogP contribution in [0.4, 0.5) is 5.82 Å². The van der Waals surface area contributed by atoms with Crippen molar-refractivity contribution in [3.8, 4) is 0 Å². The van der Waals surface area contributed by atoms with Crippen molar-refractivity contribution in [2.45, 2.75) is 129 Å². The minimum atomic E-state index is -0.791. The van der Waals surface area contributed by atoms with E-state index in [1.54, 1.807) is 6.33 Å². The molecular formula is C26H47N5O2. The number of ether oxygens (including phenoxy) is 1. The van der Waals surface area contributed by atoms with Gasteiger partial charge < -0.3 is 20.6 Å². The minimum absolute atomic E-state index is 0.385. The van der Waals surface area contributed by atoms with Crippen LogP contribution < -0.4 is 5.73 Å². The maximum Gasteiger partial charge on any atom is 0.183 e. The van der Waals surface area contributed by atoms with E-state index in [0.717, 1.165) is 6.42 Å². The van der Waals surface area contributed by atoms with E-state index in [4.69, 9.17) is 10.5 Å². The van der Waals surface area contributed by atoms with Crippen LogP contribution in [0.25, 0.3) is 11.2 Å². The summed E-state index contributed by atoms with van der Waals surface area (Å²) in [5.74, 6) is 0.966. The van der Waals surface area contributed by atoms with E-state index >= 15 is 0 Å². The number of anilines is 1. The highest BCUT2D eigenvalue weighted by molar-refractivity contribution is 5.80. The maximum absolute atomic E-state index is 10.0. The van der Waals surface area contributed by atoms with Gasteiger partial charge in [-0.05, 0) is 6.42 Å². The fourth-order valence-electron chi connectivity index (χ4n) is 4.22. The van der Waals surface area contributed by atoms with Gasteiger partial charge in [0.2, 0.25) is 0 Å². The molecule has 0 spiro atoms. The molecule has 2 aromatic rings. The van der Waals surface area contributed by atoms with Crippen LogP contribution in [0.5, 0.6) is 0 Å². The Bertz CT molecular complexity index is 737. The molecule has 1 unspecified atom stereocenters.